The van der Waals surface area contributed by atoms with Crippen molar-refractivity contribution in [3.8, 4) is 5.75 Å². The van der Waals surface area contributed by atoms with Crippen LogP contribution in [0.5, 0.6) is 5.75 Å². The molecular formula is C19H16F4N4O3. The Morgan fingerprint density at radius 1 is 1.33 bits per heavy atom. The zero-order valence-electron chi connectivity index (χ0n) is 15.7. The lowest BCUT2D eigenvalue weighted by molar-refractivity contribution is -0.172. The van der Waals surface area contributed by atoms with E-state index in [4.69, 9.17) is 9.26 Å². The lowest BCUT2D eigenvalue weighted by Gasteiger charge is -2.33. The van der Waals surface area contributed by atoms with Gasteiger partial charge in [0.2, 0.25) is 0 Å². The first kappa shape index (κ1) is 19.9. The number of halogens is 4. The number of fused-ring (bicyclic) bond motifs is 1. The van der Waals surface area contributed by atoms with Crippen molar-refractivity contribution in [3.63, 3.8) is 0 Å². The largest absolute Gasteiger partial charge is 0.489 e. The summed E-state index contributed by atoms with van der Waals surface area (Å²) in [6.45, 7) is 1.29. The van der Waals surface area contributed by atoms with E-state index < -0.39 is 23.9 Å². The molecular weight excluding hydrogens is 408 g/mol. The predicted octanol–water partition coefficient (Wildman–Crippen LogP) is 4.05. The highest BCUT2D eigenvalue weighted by molar-refractivity contribution is 6.05. The number of carbonyl (C=O) groups is 1. The summed E-state index contributed by atoms with van der Waals surface area (Å²) in [5.41, 5.74) is 0.246. The van der Waals surface area contributed by atoms with Crippen molar-refractivity contribution in [1.82, 2.24) is 14.9 Å². The summed E-state index contributed by atoms with van der Waals surface area (Å²) in [6.07, 6.45) is -3.61. The minimum atomic E-state index is -4.48. The number of carbonyl (C=O) groups excluding carboxylic acids is 1. The summed E-state index contributed by atoms with van der Waals surface area (Å²) >= 11 is 0. The van der Waals surface area contributed by atoms with Gasteiger partial charge in [-0.2, -0.15) is 18.3 Å². The third-order valence-electron chi connectivity index (χ3n) is 4.84. The summed E-state index contributed by atoms with van der Waals surface area (Å²) in [6, 6.07) is 5.01. The maximum atomic E-state index is 13.3. The van der Waals surface area contributed by atoms with Gasteiger partial charge in [0.1, 0.15) is 29.8 Å². The summed E-state index contributed by atoms with van der Waals surface area (Å²) in [5, 5.41) is 7.52. The van der Waals surface area contributed by atoms with Crippen molar-refractivity contribution < 1.29 is 31.6 Å². The standard InChI is InChI=1S/C19H16F4N4O3/c1-11-14(10-29-13-4-2-3-12(20)9-13)17(25-30-11)18(28)26-8-6-15(19(21,22)23)27-16(26)5-7-24-27/h2-5,7,9,15H,6,8,10H2,1H3. The fourth-order valence-corrected chi connectivity index (χ4v) is 3.33. The lowest BCUT2D eigenvalue weighted by atomic mass is 10.1. The monoisotopic (exact) mass is 424 g/mol. The van der Waals surface area contributed by atoms with Crippen molar-refractivity contribution in [2.45, 2.75) is 32.2 Å². The van der Waals surface area contributed by atoms with Crippen LogP contribution in [0.3, 0.4) is 0 Å². The Morgan fingerprint density at radius 3 is 2.87 bits per heavy atom. The van der Waals surface area contributed by atoms with Crippen LogP contribution in [-0.2, 0) is 6.61 Å². The summed E-state index contributed by atoms with van der Waals surface area (Å²) in [7, 11) is 0. The molecule has 0 bridgehead atoms. The van der Waals surface area contributed by atoms with E-state index in [9.17, 15) is 22.4 Å². The van der Waals surface area contributed by atoms with Gasteiger partial charge in [-0.25, -0.2) is 9.07 Å². The van der Waals surface area contributed by atoms with Gasteiger partial charge in [-0.05, 0) is 25.5 Å². The fraction of sp³-hybridized carbons (Fsp3) is 0.316. The molecule has 1 aromatic carbocycles. The minimum Gasteiger partial charge on any atom is -0.489 e. The number of benzene rings is 1. The molecule has 1 amide bonds. The van der Waals surface area contributed by atoms with Crippen LogP contribution in [0.15, 0.2) is 41.1 Å². The van der Waals surface area contributed by atoms with Gasteiger partial charge in [-0.15, -0.1) is 0 Å². The number of nitrogens with zero attached hydrogens (tertiary/aromatic N) is 4. The van der Waals surface area contributed by atoms with Gasteiger partial charge in [-0.1, -0.05) is 11.2 Å². The molecule has 0 spiro atoms. The van der Waals surface area contributed by atoms with Gasteiger partial charge in [0, 0.05) is 18.7 Å². The molecule has 0 fully saturated rings. The molecule has 7 nitrogen and oxygen atoms in total. The Morgan fingerprint density at radius 2 is 2.13 bits per heavy atom. The Kier molecular flexibility index (Phi) is 4.96. The number of hydrogen-bond donors (Lipinski definition) is 0. The van der Waals surface area contributed by atoms with Crippen molar-refractivity contribution >= 4 is 11.7 Å². The zero-order chi connectivity index (χ0) is 21.5. The van der Waals surface area contributed by atoms with Crippen LogP contribution >= 0.6 is 0 Å². The number of aromatic nitrogens is 3. The van der Waals surface area contributed by atoms with Crippen LogP contribution in [0.2, 0.25) is 0 Å². The lowest BCUT2D eigenvalue weighted by Crippen LogP contribution is -2.43. The van der Waals surface area contributed by atoms with Crippen LogP contribution in [-0.4, -0.2) is 33.6 Å². The molecule has 0 N–H and O–H groups in total. The molecule has 0 radical (unpaired) electrons. The second-order valence-electron chi connectivity index (χ2n) is 6.75. The minimum absolute atomic E-state index is 0.0197. The van der Waals surface area contributed by atoms with Crippen LogP contribution < -0.4 is 9.64 Å². The first-order valence-corrected chi connectivity index (χ1v) is 9.01. The molecule has 0 saturated carbocycles. The summed E-state index contributed by atoms with van der Waals surface area (Å²) in [5.74, 6) is -0.531. The third-order valence-corrected chi connectivity index (χ3v) is 4.84. The highest BCUT2D eigenvalue weighted by Crippen LogP contribution is 2.39. The van der Waals surface area contributed by atoms with E-state index >= 15 is 0 Å². The van der Waals surface area contributed by atoms with Crippen molar-refractivity contribution in [1.29, 1.82) is 0 Å². The molecule has 0 saturated heterocycles. The Labute approximate surface area is 167 Å². The van der Waals surface area contributed by atoms with Crippen molar-refractivity contribution in [2.75, 3.05) is 11.4 Å². The summed E-state index contributed by atoms with van der Waals surface area (Å²) < 4.78 is 64.6. The molecule has 2 aromatic heterocycles. The first-order valence-electron chi connectivity index (χ1n) is 9.01. The quantitative estimate of drug-likeness (QED) is 0.591. The fourth-order valence-electron chi connectivity index (χ4n) is 3.33. The molecule has 11 heteroatoms. The van der Waals surface area contributed by atoms with Crippen LogP contribution in [0.25, 0.3) is 0 Å². The molecule has 158 valence electrons. The van der Waals surface area contributed by atoms with Gasteiger partial charge < -0.3 is 9.26 Å². The zero-order valence-corrected chi connectivity index (χ0v) is 15.7. The third kappa shape index (κ3) is 3.62. The molecule has 4 rings (SSSR count). The van der Waals surface area contributed by atoms with Crippen LogP contribution in [0, 0.1) is 12.7 Å². The topological polar surface area (TPSA) is 73.4 Å². The predicted molar refractivity (Wildman–Crippen MR) is 95.6 cm³/mol. The van der Waals surface area contributed by atoms with Crippen molar-refractivity contribution in [2.24, 2.45) is 0 Å². The van der Waals surface area contributed by atoms with Gasteiger partial charge in [-0.3, -0.25) is 9.69 Å². The van der Waals surface area contributed by atoms with E-state index in [-0.39, 0.29) is 36.8 Å². The van der Waals surface area contributed by atoms with Gasteiger partial charge in [0.05, 0.1) is 11.8 Å². The molecule has 0 aliphatic carbocycles. The second-order valence-corrected chi connectivity index (χ2v) is 6.75. The van der Waals surface area contributed by atoms with Crippen LogP contribution in [0.4, 0.5) is 23.4 Å². The number of amides is 1. The number of ether oxygens (including phenoxy) is 1. The maximum Gasteiger partial charge on any atom is 0.410 e. The van der Waals surface area contributed by atoms with Gasteiger partial charge in [0.15, 0.2) is 11.7 Å². The maximum absolute atomic E-state index is 13.3. The number of hydrogen-bond acceptors (Lipinski definition) is 5. The molecule has 1 atom stereocenters. The number of rotatable bonds is 4. The molecule has 1 unspecified atom stereocenters. The normalized spacial score (nSPS) is 16.4. The highest BCUT2D eigenvalue weighted by atomic mass is 19.4. The Hall–Kier alpha value is -3.37. The van der Waals surface area contributed by atoms with Gasteiger partial charge in [0.25, 0.3) is 5.91 Å². The van der Waals surface area contributed by atoms with E-state index in [0.29, 0.717) is 11.3 Å². The second kappa shape index (κ2) is 7.47. The van der Waals surface area contributed by atoms with E-state index in [2.05, 4.69) is 10.3 Å². The first-order chi connectivity index (χ1) is 14.3. The summed E-state index contributed by atoms with van der Waals surface area (Å²) in [4.78, 5) is 14.3. The molecule has 3 heterocycles. The highest BCUT2D eigenvalue weighted by Gasteiger charge is 2.46. The van der Waals surface area contributed by atoms with Gasteiger partial charge >= 0.3 is 6.18 Å². The average Bonchev–Trinajstić information content (AvgIpc) is 3.31. The number of anilines is 1. The Balaban J connectivity index is 1.59. The van der Waals surface area contributed by atoms with E-state index in [0.717, 1.165) is 4.68 Å². The number of aryl methyl sites for hydroxylation is 1. The Bertz CT molecular complexity index is 1080. The SMILES string of the molecule is Cc1onc(C(=O)N2CCC(C(F)(F)F)n3nccc32)c1COc1cccc(F)c1. The van der Waals surface area contributed by atoms with Crippen LogP contribution in [0.1, 0.15) is 34.3 Å². The molecule has 30 heavy (non-hydrogen) atoms. The average molecular weight is 424 g/mol. The number of alkyl halides is 3. The van der Waals surface area contributed by atoms with E-state index in [1.54, 1.807) is 13.0 Å². The molecule has 3 aromatic rings. The van der Waals surface area contributed by atoms with E-state index in [1.165, 1.54) is 35.4 Å². The molecule has 1 aliphatic rings. The molecule has 1 aliphatic heterocycles. The smallest absolute Gasteiger partial charge is 0.410 e. The van der Waals surface area contributed by atoms with Crippen molar-refractivity contribution in [3.05, 3.63) is 59.4 Å². The van der Waals surface area contributed by atoms with E-state index in [1.807, 2.05) is 0 Å².